The van der Waals surface area contributed by atoms with Crippen molar-refractivity contribution in [2.24, 2.45) is 0 Å². The molecule has 1 amide bonds. The fourth-order valence-electron chi connectivity index (χ4n) is 3.91. The topological polar surface area (TPSA) is 88.9 Å². The number of hydrogen-bond acceptors (Lipinski definition) is 5. The van der Waals surface area contributed by atoms with Crippen molar-refractivity contribution in [3.63, 3.8) is 0 Å². The van der Waals surface area contributed by atoms with E-state index in [1.165, 1.54) is 17.6 Å². The van der Waals surface area contributed by atoms with Crippen LogP contribution in [0.25, 0.3) is 22.4 Å². The molecule has 2 aromatic carbocycles. The molecule has 192 valence electrons. The maximum Gasteiger partial charge on any atom is 0.416 e. The van der Waals surface area contributed by atoms with Crippen LogP contribution in [0.3, 0.4) is 0 Å². The van der Waals surface area contributed by atoms with Crippen LogP contribution in [0.1, 0.15) is 30.5 Å². The molecule has 4 rings (SSSR count). The molecule has 0 aliphatic rings. The van der Waals surface area contributed by atoms with Crippen LogP contribution in [-0.4, -0.2) is 27.0 Å². The average Bonchev–Trinajstić information content (AvgIpc) is 2.88. The van der Waals surface area contributed by atoms with E-state index in [0.717, 1.165) is 24.1 Å². The van der Waals surface area contributed by atoms with Gasteiger partial charge in [0.15, 0.2) is 5.65 Å². The van der Waals surface area contributed by atoms with Crippen LogP contribution < -0.4 is 16.2 Å². The first-order chi connectivity index (χ1) is 17.7. The number of carbonyl (C=O) groups is 1. The Labute approximate surface area is 211 Å². The van der Waals surface area contributed by atoms with Crippen molar-refractivity contribution in [1.29, 1.82) is 0 Å². The number of hydrogen-bond donors (Lipinski definition) is 2. The number of aromatic nitrogens is 3. The number of nitrogens with zero attached hydrogens (tertiary/aromatic N) is 3. The minimum Gasteiger partial charge on any atom is -0.366 e. The summed E-state index contributed by atoms with van der Waals surface area (Å²) in [5, 5.41) is 5.70. The van der Waals surface area contributed by atoms with E-state index in [1.54, 1.807) is 18.2 Å². The number of pyridine rings is 1. The highest BCUT2D eigenvalue weighted by Crippen LogP contribution is 2.29. The Morgan fingerprint density at radius 3 is 2.43 bits per heavy atom. The minimum atomic E-state index is -4.43. The molecule has 0 atom stereocenters. The molecule has 37 heavy (non-hydrogen) atoms. The van der Waals surface area contributed by atoms with E-state index in [9.17, 15) is 22.8 Å². The van der Waals surface area contributed by atoms with E-state index >= 15 is 0 Å². The largest absolute Gasteiger partial charge is 0.416 e. The molecule has 2 N–H and O–H groups in total. The van der Waals surface area contributed by atoms with Crippen molar-refractivity contribution in [3.05, 3.63) is 87.7 Å². The maximum atomic E-state index is 13.5. The van der Waals surface area contributed by atoms with Gasteiger partial charge in [-0.3, -0.25) is 14.2 Å². The number of rotatable bonds is 8. The zero-order valence-corrected chi connectivity index (χ0v) is 20.4. The first kappa shape index (κ1) is 25.9. The van der Waals surface area contributed by atoms with E-state index in [2.05, 4.69) is 20.6 Å². The summed E-state index contributed by atoms with van der Waals surface area (Å²) in [5.74, 6) is 0.151. The molecule has 2 aromatic heterocycles. The lowest BCUT2D eigenvalue weighted by atomic mass is 10.1. The molecule has 0 spiro atoms. The zero-order chi connectivity index (χ0) is 26.6. The van der Waals surface area contributed by atoms with Gasteiger partial charge in [0.1, 0.15) is 17.0 Å². The van der Waals surface area contributed by atoms with Gasteiger partial charge in [-0.1, -0.05) is 43.3 Å². The summed E-state index contributed by atoms with van der Waals surface area (Å²) in [6.07, 6.45) is -3.56. The molecule has 0 aliphatic heterocycles. The van der Waals surface area contributed by atoms with E-state index in [0.29, 0.717) is 28.1 Å². The minimum absolute atomic E-state index is 0.105. The fourth-order valence-corrected chi connectivity index (χ4v) is 3.91. The predicted octanol–water partition coefficient (Wildman–Crippen LogP) is 4.79. The first-order valence-electron chi connectivity index (χ1n) is 11.8. The van der Waals surface area contributed by atoms with Crippen molar-refractivity contribution in [2.75, 3.05) is 11.9 Å². The van der Waals surface area contributed by atoms with Gasteiger partial charge in [-0.2, -0.15) is 13.2 Å². The second-order valence-electron chi connectivity index (χ2n) is 8.54. The quantitative estimate of drug-likeness (QED) is 0.357. The molecule has 0 saturated heterocycles. The Balaban J connectivity index is 1.69. The van der Waals surface area contributed by atoms with E-state index in [1.807, 2.05) is 31.2 Å². The van der Waals surface area contributed by atoms with Crippen LogP contribution in [0.2, 0.25) is 0 Å². The van der Waals surface area contributed by atoms with Crippen LogP contribution >= 0.6 is 0 Å². The summed E-state index contributed by atoms with van der Waals surface area (Å²) in [5.41, 5.74) is 2.20. The monoisotopic (exact) mass is 509 g/mol. The summed E-state index contributed by atoms with van der Waals surface area (Å²) in [6, 6.07) is 16.0. The standard InChI is InChI=1S/C27H26F3N5O2/c1-3-18-7-9-20(10-8-18)24-26(37)35(14-13-31-17(2)36)25-22(33-24)11-12-23(34-25)32-16-19-5-4-6-21(15-19)27(28,29)30/h4-12,15H,3,13-14,16H2,1-2H3,(H,31,36)(H,32,34). The summed E-state index contributed by atoms with van der Waals surface area (Å²) in [4.78, 5) is 33.9. The maximum absolute atomic E-state index is 13.5. The van der Waals surface area contributed by atoms with Crippen LogP contribution in [0, 0.1) is 0 Å². The summed E-state index contributed by atoms with van der Waals surface area (Å²) in [6.45, 7) is 3.92. The third-order valence-electron chi connectivity index (χ3n) is 5.86. The van der Waals surface area contributed by atoms with Crippen molar-refractivity contribution in [2.45, 2.75) is 39.5 Å². The molecule has 10 heteroatoms. The molecular weight excluding hydrogens is 483 g/mol. The van der Waals surface area contributed by atoms with Gasteiger partial charge in [-0.05, 0) is 41.8 Å². The van der Waals surface area contributed by atoms with Crippen molar-refractivity contribution in [3.8, 4) is 11.3 Å². The molecule has 0 radical (unpaired) electrons. The average molecular weight is 510 g/mol. The number of halogens is 3. The number of carbonyl (C=O) groups excluding carboxylic acids is 1. The Morgan fingerprint density at radius 1 is 1.00 bits per heavy atom. The van der Waals surface area contributed by atoms with Crippen molar-refractivity contribution >= 4 is 22.9 Å². The molecule has 0 aliphatic carbocycles. The number of nitrogens with one attached hydrogen (secondary N) is 2. The first-order valence-corrected chi connectivity index (χ1v) is 11.8. The third kappa shape index (κ3) is 6.14. The smallest absolute Gasteiger partial charge is 0.366 e. The number of alkyl halides is 3. The zero-order valence-electron chi connectivity index (χ0n) is 20.4. The second kappa shape index (κ2) is 10.8. The Kier molecular flexibility index (Phi) is 7.56. The van der Waals surface area contributed by atoms with E-state index in [-0.39, 0.29) is 36.8 Å². The Morgan fingerprint density at radius 2 is 1.76 bits per heavy atom. The van der Waals surface area contributed by atoms with Gasteiger partial charge in [0.2, 0.25) is 5.91 Å². The Bertz CT molecular complexity index is 1480. The Hall–Kier alpha value is -4.21. The number of benzene rings is 2. The van der Waals surface area contributed by atoms with Crippen molar-refractivity contribution < 1.29 is 18.0 Å². The normalized spacial score (nSPS) is 11.5. The number of anilines is 1. The van der Waals surface area contributed by atoms with Gasteiger partial charge in [-0.15, -0.1) is 0 Å². The lowest BCUT2D eigenvalue weighted by Crippen LogP contribution is -2.31. The van der Waals surface area contributed by atoms with Crippen molar-refractivity contribution in [1.82, 2.24) is 19.9 Å². The molecule has 0 saturated carbocycles. The number of fused-ring (bicyclic) bond motifs is 1. The number of aryl methyl sites for hydroxylation is 1. The van der Waals surface area contributed by atoms with E-state index in [4.69, 9.17) is 0 Å². The lowest BCUT2D eigenvalue weighted by Gasteiger charge is -2.14. The van der Waals surface area contributed by atoms with Gasteiger partial charge < -0.3 is 10.6 Å². The highest BCUT2D eigenvalue weighted by Gasteiger charge is 2.30. The molecular formula is C27H26F3N5O2. The third-order valence-corrected chi connectivity index (χ3v) is 5.86. The SMILES string of the molecule is CCc1ccc(-c2nc3ccc(NCc4cccc(C(F)(F)F)c4)nc3n(CCNC(C)=O)c2=O)cc1. The predicted molar refractivity (Wildman–Crippen MR) is 136 cm³/mol. The highest BCUT2D eigenvalue weighted by molar-refractivity contribution is 5.76. The molecule has 7 nitrogen and oxygen atoms in total. The summed E-state index contributed by atoms with van der Waals surface area (Å²) in [7, 11) is 0. The second-order valence-corrected chi connectivity index (χ2v) is 8.54. The fraction of sp³-hybridized carbons (Fsp3) is 0.259. The molecule has 4 aromatic rings. The molecule has 2 heterocycles. The highest BCUT2D eigenvalue weighted by atomic mass is 19.4. The van der Waals surface area contributed by atoms with Crippen LogP contribution in [-0.2, 0) is 30.5 Å². The molecule has 0 unspecified atom stereocenters. The summed E-state index contributed by atoms with van der Waals surface area (Å²) >= 11 is 0. The van der Waals surface area contributed by atoms with Gasteiger partial charge in [-0.25, -0.2) is 9.97 Å². The molecule has 0 bridgehead atoms. The van der Waals surface area contributed by atoms with Crippen LogP contribution in [0.15, 0.2) is 65.5 Å². The van der Waals surface area contributed by atoms with Crippen LogP contribution in [0.4, 0.5) is 19.0 Å². The number of amides is 1. The van der Waals surface area contributed by atoms with Gasteiger partial charge >= 0.3 is 6.18 Å². The van der Waals surface area contributed by atoms with Crippen LogP contribution in [0.5, 0.6) is 0 Å². The lowest BCUT2D eigenvalue weighted by molar-refractivity contribution is -0.137. The van der Waals surface area contributed by atoms with Gasteiger partial charge in [0, 0.05) is 32.1 Å². The van der Waals surface area contributed by atoms with E-state index < -0.39 is 11.7 Å². The summed E-state index contributed by atoms with van der Waals surface area (Å²) < 4.78 is 40.6. The molecule has 0 fully saturated rings. The van der Waals surface area contributed by atoms with Gasteiger partial charge in [0.25, 0.3) is 5.56 Å². The van der Waals surface area contributed by atoms with Gasteiger partial charge in [0.05, 0.1) is 5.56 Å².